The van der Waals surface area contributed by atoms with Crippen LogP contribution in [0.25, 0.3) is 0 Å². The Morgan fingerprint density at radius 2 is 2.09 bits per heavy atom. The largest absolute Gasteiger partial charge is 0.481 e. The molecule has 1 aliphatic rings. The Bertz CT molecular complexity index is 177. The maximum atomic E-state index is 10.6. The fraction of sp³-hybridized carbons (Fsp3) is 0.875. The van der Waals surface area contributed by atoms with Gasteiger partial charge >= 0.3 is 5.97 Å². The highest BCUT2D eigenvalue weighted by molar-refractivity contribution is 5.71. The summed E-state index contributed by atoms with van der Waals surface area (Å²) in [5, 5.41) is 8.74. The summed E-state index contributed by atoms with van der Waals surface area (Å²) < 4.78 is 0. The summed E-state index contributed by atoms with van der Waals surface area (Å²) in [6, 6.07) is -0.150. The molecule has 64 valence electrons. The normalized spacial score (nSPS) is 35.5. The molecule has 2 atom stereocenters. The summed E-state index contributed by atoms with van der Waals surface area (Å²) in [6.45, 7) is 4.13. The van der Waals surface area contributed by atoms with Crippen LogP contribution in [0, 0.1) is 11.3 Å². The van der Waals surface area contributed by atoms with Crippen molar-refractivity contribution in [3.63, 3.8) is 0 Å². The first kappa shape index (κ1) is 8.53. The van der Waals surface area contributed by atoms with E-state index in [-0.39, 0.29) is 17.4 Å². The number of carboxylic acid groups (broad SMARTS) is 1. The average Bonchev–Trinajstić information content (AvgIpc) is 2.05. The van der Waals surface area contributed by atoms with E-state index in [2.05, 4.69) is 13.8 Å². The van der Waals surface area contributed by atoms with Gasteiger partial charge in [-0.15, -0.1) is 0 Å². The molecule has 0 amide bonds. The molecular weight excluding hydrogens is 142 g/mol. The molecule has 0 saturated heterocycles. The Morgan fingerprint density at radius 1 is 1.55 bits per heavy atom. The Morgan fingerprint density at radius 3 is 2.27 bits per heavy atom. The van der Waals surface area contributed by atoms with Gasteiger partial charge in [0.05, 0.1) is 5.92 Å². The van der Waals surface area contributed by atoms with Gasteiger partial charge in [-0.25, -0.2) is 0 Å². The van der Waals surface area contributed by atoms with Crippen molar-refractivity contribution < 1.29 is 9.90 Å². The molecular formula is C8H15NO2. The third-order valence-electron chi connectivity index (χ3n) is 2.39. The zero-order valence-electron chi connectivity index (χ0n) is 7.00. The molecule has 2 unspecified atom stereocenters. The lowest BCUT2D eigenvalue weighted by atomic mass is 9.91. The number of carbonyl (C=O) groups is 1. The standard InChI is InChI=1S/C8H15NO2/c1-8(2)3-5(7(10)11)6(9)4-8/h5-6H,3-4,9H2,1-2H3,(H,10,11). The maximum absolute atomic E-state index is 10.6. The van der Waals surface area contributed by atoms with Gasteiger partial charge in [-0.1, -0.05) is 13.8 Å². The minimum Gasteiger partial charge on any atom is -0.481 e. The van der Waals surface area contributed by atoms with Crippen LogP contribution in [-0.4, -0.2) is 17.1 Å². The van der Waals surface area contributed by atoms with Crippen molar-refractivity contribution in [2.75, 3.05) is 0 Å². The van der Waals surface area contributed by atoms with Crippen LogP contribution in [0.3, 0.4) is 0 Å². The molecule has 0 aromatic carbocycles. The van der Waals surface area contributed by atoms with Gasteiger partial charge in [0.1, 0.15) is 0 Å². The molecule has 0 aromatic heterocycles. The lowest BCUT2D eigenvalue weighted by Crippen LogP contribution is -2.30. The molecule has 1 saturated carbocycles. The molecule has 0 bridgehead atoms. The van der Waals surface area contributed by atoms with E-state index in [0.29, 0.717) is 6.42 Å². The van der Waals surface area contributed by atoms with Crippen LogP contribution < -0.4 is 5.73 Å². The van der Waals surface area contributed by atoms with Crippen molar-refractivity contribution in [3.05, 3.63) is 0 Å². The van der Waals surface area contributed by atoms with E-state index in [0.717, 1.165) is 6.42 Å². The molecule has 1 aliphatic carbocycles. The van der Waals surface area contributed by atoms with Crippen LogP contribution in [0.15, 0.2) is 0 Å². The Kier molecular flexibility index (Phi) is 1.92. The fourth-order valence-corrected chi connectivity index (χ4v) is 1.88. The van der Waals surface area contributed by atoms with Crippen molar-refractivity contribution in [2.45, 2.75) is 32.7 Å². The quantitative estimate of drug-likeness (QED) is 0.592. The second-order valence-corrected chi connectivity index (χ2v) is 4.18. The predicted molar refractivity (Wildman–Crippen MR) is 42.1 cm³/mol. The summed E-state index contributed by atoms with van der Waals surface area (Å²) in [6.07, 6.45) is 1.54. The van der Waals surface area contributed by atoms with E-state index in [1.807, 2.05) is 0 Å². The molecule has 1 fully saturated rings. The first-order valence-electron chi connectivity index (χ1n) is 3.91. The molecule has 0 heterocycles. The molecule has 3 N–H and O–H groups in total. The molecule has 0 spiro atoms. The highest BCUT2D eigenvalue weighted by Crippen LogP contribution is 2.40. The Labute approximate surface area is 66.6 Å². The van der Waals surface area contributed by atoms with Crippen LogP contribution in [-0.2, 0) is 4.79 Å². The number of carboxylic acids is 1. The van der Waals surface area contributed by atoms with Gasteiger partial charge in [0.2, 0.25) is 0 Å². The van der Waals surface area contributed by atoms with Gasteiger partial charge in [-0.3, -0.25) is 4.79 Å². The van der Waals surface area contributed by atoms with E-state index >= 15 is 0 Å². The van der Waals surface area contributed by atoms with Crippen LogP contribution in [0.1, 0.15) is 26.7 Å². The maximum Gasteiger partial charge on any atom is 0.308 e. The van der Waals surface area contributed by atoms with Crippen molar-refractivity contribution in [1.29, 1.82) is 0 Å². The molecule has 0 radical (unpaired) electrons. The summed E-state index contributed by atoms with van der Waals surface area (Å²) in [7, 11) is 0. The second kappa shape index (κ2) is 2.48. The third-order valence-corrected chi connectivity index (χ3v) is 2.39. The van der Waals surface area contributed by atoms with Crippen LogP contribution >= 0.6 is 0 Å². The first-order chi connectivity index (χ1) is 4.92. The van der Waals surface area contributed by atoms with Gasteiger partial charge in [0.15, 0.2) is 0 Å². The molecule has 1 rings (SSSR count). The van der Waals surface area contributed by atoms with Gasteiger partial charge in [0.25, 0.3) is 0 Å². The van der Waals surface area contributed by atoms with Crippen molar-refractivity contribution in [3.8, 4) is 0 Å². The summed E-state index contributed by atoms with van der Waals surface area (Å²) in [5.74, 6) is -1.08. The Hall–Kier alpha value is -0.570. The van der Waals surface area contributed by atoms with Gasteiger partial charge in [-0.05, 0) is 18.3 Å². The summed E-state index contributed by atoms with van der Waals surface area (Å²) in [4.78, 5) is 10.6. The number of hydrogen-bond donors (Lipinski definition) is 2. The molecule has 3 nitrogen and oxygen atoms in total. The van der Waals surface area contributed by atoms with Gasteiger partial charge in [0, 0.05) is 6.04 Å². The summed E-state index contributed by atoms with van der Waals surface area (Å²) >= 11 is 0. The number of nitrogens with two attached hydrogens (primary N) is 1. The lowest BCUT2D eigenvalue weighted by molar-refractivity contribution is -0.142. The summed E-state index contributed by atoms with van der Waals surface area (Å²) in [5.41, 5.74) is 5.79. The second-order valence-electron chi connectivity index (χ2n) is 4.18. The van der Waals surface area contributed by atoms with Crippen LogP contribution in [0.5, 0.6) is 0 Å². The van der Waals surface area contributed by atoms with Crippen molar-refractivity contribution in [2.24, 2.45) is 17.1 Å². The van der Waals surface area contributed by atoms with E-state index < -0.39 is 5.97 Å². The first-order valence-corrected chi connectivity index (χ1v) is 3.91. The number of hydrogen-bond acceptors (Lipinski definition) is 2. The van der Waals surface area contributed by atoms with E-state index in [1.165, 1.54) is 0 Å². The van der Waals surface area contributed by atoms with Gasteiger partial charge < -0.3 is 10.8 Å². The molecule has 11 heavy (non-hydrogen) atoms. The number of aliphatic carboxylic acids is 1. The number of rotatable bonds is 1. The minimum atomic E-state index is -0.747. The minimum absolute atomic E-state index is 0.114. The SMILES string of the molecule is CC1(C)CC(N)C(C(=O)O)C1. The predicted octanol–water partition coefficient (Wildman–Crippen LogP) is 0.834. The van der Waals surface area contributed by atoms with E-state index in [9.17, 15) is 4.79 Å². The smallest absolute Gasteiger partial charge is 0.308 e. The van der Waals surface area contributed by atoms with Crippen molar-refractivity contribution >= 4 is 5.97 Å². The van der Waals surface area contributed by atoms with E-state index in [1.54, 1.807) is 0 Å². The van der Waals surface area contributed by atoms with Gasteiger partial charge in [-0.2, -0.15) is 0 Å². The zero-order valence-corrected chi connectivity index (χ0v) is 7.00. The molecule has 0 aromatic rings. The topological polar surface area (TPSA) is 63.3 Å². The fourth-order valence-electron chi connectivity index (χ4n) is 1.88. The highest BCUT2D eigenvalue weighted by Gasteiger charge is 2.40. The highest BCUT2D eigenvalue weighted by atomic mass is 16.4. The lowest BCUT2D eigenvalue weighted by Gasteiger charge is -2.15. The van der Waals surface area contributed by atoms with Crippen LogP contribution in [0.2, 0.25) is 0 Å². The zero-order chi connectivity index (χ0) is 8.65. The third kappa shape index (κ3) is 1.71. The van der Waals surface area contributed by atoms with Crippen molar-refractivity contribution in [1.82, 2.24) is 0 Å². The molecule has 0 aliphatic heterocycles. The Balaban J connectivity index is 2.66. The van der Waals surface area contributed by atoms with Crippen LogP contribution in [0.4, 0.5) is 0 Å². The monoisotopic (exact) mass is 157 g/mol. The van der Waals surface area contributed by atoms with E-state index in [4.69, 9.17) is 10.8 Å². The average molecular weight is 157 g/mol. The molecule has 3 heteroatoms.